The van der Waals surface area contributed by atoms with Crippen LogP contribution in [0.3, 0.4) is 0 Å². The van der Waals surface area contributed by atoms with E-state index in [9.17, 15) is 9.59 Å². The highest BCUT2D eigenvalue weighted by molar-refractivity contribution is 5.81. The Kier molecular flexibility index (Phi) is 4.62. The molecular formula is C22H26N4O3. The van der Waals surface area contributed by atoms with Gasteiger partial charge in [-0.25, -0.2) is 4.79 Å². The minimum Gasteiger partial charge on any atom is -0.370 e. The Morgan fingerprint density at radius 3 is 2.62 bits per heavy atom. The van der Waals surface area contributed by atoms with Crippen LogP contribution in [0.4, 0.5) is 4.79 Å². The molecule has 0 N–H and O–H groups in total. The van der Waals surface area contributed by atoms with Crippen molar-refractivity contribution in [1.29, 1.82) is 0 Å². The predicted octanol–water partition coefficient (Wildman–Crippen LogP) is 2.29. The number of ketones is 1. The molecule has 0 saturated carbocycles. The molecule has 0 radical (unpaired) electrons. The zero-order chi connectivity index (χ0) is 20.0. The molecule has 1 aromatic heterocycles. The summed E-state index contributed by atoms with van der Waals surface area (Å²) < 4.78 is 7.44. The molecule has 29 heavy (non-hydrogen) atoms. The van der Waals surface area contributed by atoms with Gasteiger partial charge in [0.05, 0.1) is 11.8 Å². The maximum Gasteiger partial charge on any atom is 0.320 e. The molecule has 0 bridgehead atoms. The monoisotopic (exact) mass is 394 g/mol. The van der Waals surface area contributed by atoms with Gasteiger partial charge in [-0.05, 0) is 18.1 Å². The summed E-state index contributed by atoms with van der Waals surface area (Å²) in [5.41, 5.74) is 3.34. The Labute approximate surface area is 170 Å². The van der Waals surface area contributed by atoms with Crippen molar-refractivity contribution in [3.63, 3.8) is 0 Å². The number of amides is 2. The van der Waals surface area contributed by atoms with E-state index in [0.717, 1.165) is 30.8 Å². The number of piperidine rings is 1. The second-order valence-corrected chi connectivity index (χ2v) is 8.47. The van der Waals surface area contributed by atoms with Gasteiger partial charge >= 0.3 is 6.03 Å². The number of fused-ring (bicyclic) bond motifs is 1. The molecule has 1 aromatic carbocycles. The third-order valence-electron chi connectivity index (χ3n) is 6.43. The molecule has 7 heteroatoms. The van der Waals surface area contributed by atoms with Crippen LogP contribution in [0.2, 0.25) is 0 Å². The van der Waals surface area contributed by atoms with E-state index in [1.165, 1.54) is 5.56 Å². The fourth-order valence-corrected chi connectivity index (χ4v) is 4.69. The van der Waals surface area contributed by atoms with Crippen molar-refractivity contribution in [2.75, 3.05) is 32.8 Å². The maximum absolute atomic E-state index is 12.9. The number of aromatic nitrogens is 2. The van der Waals surface area contributed by atoms with Gasteiger partial charge in [0.2, 0.25) is 0 Å². The number of carbonyl (C=O) groups is 2. The molecule has 3 saturated heterocycles. The highest BCUT2D eigenvalue weighted by Gasteiger charge is 2.40. The molecule has 0 spiro atoms. The average molecular weight is 394 g/mol. The normalized spacial score (nSPS) is 24.9. The summed E-state index contributed by atoms with van der Waals surface area (Å²) in [6.07, 6.45) is 3.45. The topological polar surface area (TPSA) is 67.7 Å². The van der Waals surface area contributed by atoms with Gasteiger partial charge < -0.3 is 14.5 Å². The van der Waals surface area contributed by atoms with Gasteiger partial charge in [-0.3, -0.25) is 9.48 Å². The van der Waals surface area contributed by atoms with Crippen LogP contribution in [0.5, 0.6) is 0 Å². The van der Waals surface area contributed by atoms with E-state index in [-0.39, 0.29) is 30.4 Å². The van der Waals surface area contributed by atoms with E-state index in [1.54, 1.807) is 4.68 Å². The molecule has 3 fully saturated rings. The van der Waals surface area contributed by atoms with Gasteiger partial charge in [0, 0.05) is 63.2 Å². The second kappa shape index (κ2) is 7.30. The Balaban J connectivity index is 1.16. The first-order chi connectivity index (χ1) is 14.1. The lowest BCUT2D eigenvalue weighted by Crippen LogP contribution is -2.58. The number of benzene rings is 1. The van der Waals surface area contributed by atoms with Crippen molar-refractivity contribution >= 4 is 11.8 Å². The SMILES string of the molecule is Cn1ccc(-c2ccc(C3CN(C(=O)N4CC[C@@H]5OCC(=O)C[C@@H]5C4)C3)cc2)n1. The number of carbonyl (C=O) groups excluding carboxylic acids is 2. The largest absolute Gasteiger partial charge is 0.370 e. The molecule has 3 aliphatic heterocycles. The van der Waals surface area contributed by atoms with Crippen LogP contribution in [0.25, 0.3) is 11.3 Å². The number of rotatable bonds is 2. The van der Waals surface area contributed by atoms with Crippen LogP contribution >= 0.6 is 0 Å². The summed E-state index contributed by atoms with van der Waals surface area (Å²) in [7, 11) is 1.92. The van der Waals surface area contributed by atoms with Gasteiger partial charge in [0.25, 0.3) is 0 Å². The second-order valence-electron chi connectivity index (χ2n) is 8.47. The third kappa shape index (κ3) is 3.55. The number of urea groups is 1. The van der Waals surface area contributed by atoms with Crippen LogP contribution in [0.1, 0.15) is 24.3 Å². The standard InChI is InChI=1S/C22H26N4O3/c1-24-8-6-20(23-24)16-4-2-15(3-5-16)18-12-26(13-18)22(28)25-9-7-21-17(11-25)10-19(27)14-29-21/h2-6,8,17-18,21H,7,9-14H2,1H3/t17-,21+/m1/s1. The first kappa shape index (κ1) is 18.4. The maximum atomic E-state index is 12.9. The van der Waals surface area contributed by atoms with E-state index in [1.807, 2.05) is 29.1 Å². The van der Waals surface area contributed by atoms with E-state index in [2.05, 4.69) is 29.4 Å². The highest BCUT2D eigenvalue weighted by atomic mass is 16.5. The van der Waals surface area contributed by atoms with Gasteiger partial charge in [-0.15, -0.1) is 0 Å². The average Bonchev–Trinajstić information content (AvgIpc) is 3.13. The fourth-order valence-electron chi connectivity index (χ4n) is 4.69. The number of hydrogen-bond acceptors (Lipinski definition) is 4. The molecule has 2 amide bonds. The Morgan fingerprint density at radius 1 is 1.10 bits per heavy atom. The van der Waals surface area contributed by atoms with Crippen LogP contribution in [0.15, 0.2) is 36.5 Å². The lowest BCUT2D eigenvalue weighted by Gasteiger charge is -2.46. The zero-order valence-electron chi connectivity index (χ0n) is 16.7. The molecule has 5 rings (SSSR count). The number of ether oxygens (including phenoxy) is 1. The lowest BCUT2D eigenvalue weighted by atomic mass is 9.87. The quantitative estimate of drug-likeness (QED) is 0.784. The fraction of sp³-hybridized carbons (Fsp3) is 0.500. The smallest absolute Gasteiger partial charge is 0.320 e. The Bertz CT molecular complexity index is 916. The molecule has 2 aromatic rings. The van der Waals surface area contributed by atoms with Crippen LogP contribution < -0.4 is 0 Å². The Hall–Kier alpha value is -2.67. The van der Waals surface area contributed by atoms with Crippen LogP contribution in [-0.4, -0.2) is 70.3 Å². The zero-order valence-corrected chi connectivity index (χ0v) is 16.7. The summed E-state index contributed by atoms with van der Waals surface area (Å²) in [6, 6.07) is 10.6. The number of nitrogens with zero attached hydrogens (tertiary/aromatic N) is 4. The number of likely N-dealkylation sites (tertiary alicyclic amines) is 2. The van der Waals surface area contributed by atoms with Gasteiger partial charge in [-0.2, -0.15) is 5.10 Å². The third-order valence-corrected chi connectivity index (χ3v) is 6.43. The van der Waals surface area contributed by atoms with E-state index in [4.69, 9.17) is 4.74 Å². The first-order valence-electron chi connectivity index (χ1n) is 10.3. The van der Waals surface area contributed by atoms with Crippen molar-refractivity contribution in [3.05, 3.63) is 42.1 Å². The van der Waals surface area contributed by atoms with E-state index >= 15 is 0 Å². The molecule has 0 unspecified atom stereocenters. The number of aryl methyl sites for hydroxylation is 1. The molecule has 7 nitrogen and oxygen atoms in total. The van der Waals surface area contributed by atoms with E-state index < -0.39 is 0 Å². The first-order valence-corrected chi connectivity index (χ1v) is 10.3. The summed E-state index contributed by atoms with van der Waals surface area (Å²) >= 11 is 0. The van der Waals surface area contributed by atoms with Gasteiger partial charge in [0.1, 0.15) is 6.61 Å². The molecule has 4 heterocycles. The van der Waals surface area contributed by atoms with Crippen molar-refractivity contribution in [2.24, 2.45) is 13.0 Å². The van der Waals surface area contributed by atoms with Crippen molar-refractivity contribution in [3.8, 4) is 11.3 Å². The minimum atomic E-state index is 0.0998. The van der Waals surface area contributed by atoms with E-state index in [0.29, 0.717) is 25.4 Å². The number of Topliss-reactive ketones (excluding diaryl/α,β-unsaturated/α-hetero) is 1. The predicted molar refractivity (Wildman–Crippen MR) is 107 cm³/mol. The summed E-state index contributed by atoms with van der Waals surface area (Å²) in [5.74, 6) is 0.692. The number of hydrogen-bond donors (Lipinski definition) is 0. The lowest BCUT2D eigenvalue weighted by molar-refractivity contribution is -0.140. The Morgan fingerprint density at radius 2 is 1.90 bits per heavy atom. The molecule has 3 aliphatic rings. The molecule has 152 valence electrons. The molecule has 0 aliphatic carbocycles. The molecular weight excluding hydrogens is 368 g/mol. The van der Waals surface area contributed by atoms with Crippen LogP contribution in [-0.2, 0) is 16.6 Å². The highest BCUT2D eigenvalue weighted by Crippen LogP contribution is 2.32. The van der Waals surface area contributed by atoms with Crippen molar-refractivity contribution in [2.45, 2.75) is 24.9 Å². The van der Waals surface area contributed by atoms with Gasteiger partial charge in [0.15, 0.2) is 5.78 Å². The van der Waals surface area contributed by atoms with Crippen LogP contribution in [0, 0.1) is 5.92 Å². The summed E-state index contributed by atoms with van der Waals surface area (Å²) in [5, 5.41) is 4.44. The van der Waals surface area contributed by atoms with Gasteiger partial charge in [-0.1, -0.05) is 24.3 Å². The van der Waals surface area contributed by atoms with Crippen molar-refractivity contribution in [1.82, 2.24) is 19.6 Å². The minimum absolute atomic E-state index is 0.0998. The summed E-state index contributed by atoms with van der Waals surface area (Å²) in [6.45, 7) is 3.09. The van der Waals surface area contributed by atoms with Crippen molar-refractivity contribution < 1.29 is 14.3 Å². The molecule has 2 atom stereocenters. The summed E-state index contributed by atoms with van der Waals surface area (Å²) in [4.78, 5) is 28.4.